The largest absolute Gasteiger partial charge is 0.399 e. The molecule has 0 fully saturated rings. The Hall–Kier alpha value is -2.03. The van der Waals surface area contributed by atoms with Gasteiger partial charge in [0.05, 0.1) is 5.69 Å². The number of hydrogen-bond acceptors (Lipinski definition) is 2. The van der Waals surface area contributed by atoms with E-state index in [0.29, 0.717) is 11.4 Å². The Balaban J connectivity index is 2.08. The van der Waals surface area contributed by atoms with Gasteiger partial charge in [-0.05, 0) is 42.7 Å². The molecule has 2 nitrogen and oxygen atoms in total. The van der Waals surface area contributed by atoms with Crippen LogP contribution in [0.1, 0.15) is 12.0 Å². The summed E-state index contributed by atoms with van der Waals surface area (Å²) in [6.07, 6.45) is 2.10. The Labute approximate surface area is 106 Å². The van der Waals surface area contributed by atoms with Crippen molar-refractivity contribution in [2.75, 3.05) is 17.2 Å². The van der Waals surface area contributed by atoms with Crippen LogP contribution in [-0.4, -0.2) is 6.54 Å². The second-order valence-electron chi connectivity index (χ2n) is 4.59. The van der Waals surface area contributed by atoms with E-state index >= 15 is 0 Å². The van der Waals surface area contributed by atoms with Crippen molar-refractivity contribution in [1.29, 1.82) is 0 Å². The van der Waals surface area contributed by atoms with E-state index in [-0.39, 0.29) is 5.82 Å². The summed E-state index contributed by atoms with van der Waals surface area (Å²) in [6, 6.07) is 13.1. The van der Waals surface area contributed by atoms with Gasteiger partial charge in [-0.15, -0.1) is 0 Å². The fourth-order valence-electron chi connectivity index (χ4n) is 2.53. The number of benzene rings is 2. The van der Waals surface area contributed by atoms with Crippen molar-refractivity contribution in [2.24, 2.45) is 0 Å². The van der Waals surface area contributed by atoms with Crippen LogP contribution in [0.5, 0.6) is 0 Å². The van der Waals surface area contributed by atoms with Gasteiger partial charge in [0.25, 0.3) is 0 Å². The Bertz CT molecular complexity index is 580. The number of nitrogens with zero attached hydrogens (tertiary/aromatic N) is 1. The number of nitrogens with two attached hydrogens (primary N) is 1. The zero-order valence-corrected chi connectivity index (χ0v) is 10.1. The van der Waals surface area contributed by atoms with Crippen molar-refractivity contribution in [3.8, 4) is 0 Å². The third-order valence-corrected chi connectivity index (χ3v) is 3.37. The quantitative estimate of drug-likeness (QED) is 0.775. The van der Waals surface area contributed by atoms with E-state index in [4.69, 9.17) is 5.73 Å². The number of hydrogen-bond donors (Lipinski definition) is 1. The van der Waals surface area contributed by atoms with E-state index in [1.165, 1.54) is 11.6 Å². The Morgan fingerprint density at radius 2 is 1.89 bits per heavy atom. The molecule has 0 amide bonds. The summed E-state index contributed by atoms with van der Waals surface area (Å²) < 4.78 is 14.0. The molecular formula is C15H15FN2. The van der Waals surface area contributed by atoms with E-state index in [1.54, 1.807) is 12.1 Å². The van der Waals surface area contributed by atoms with Crippen LogP contribution in [0.25, 0.3) is 0 Å². The highest BCUT2D eigenvalue weighted by molar-refractivity contribution is 5.69. The van der Waals surface area contributed by atoms with Crippen LogP contribution in [0.3, 0.4) is 0 Å². The lowest BCUT2D eigenvalue weighted by molar-refractivity contribution is 0.621. The third-order valence-electron chi connectivity index (χ3n) is 3.37. The molecule has 92 valence electrons. The van der Waals surface area contributed by atoms with Gasteiger partial charge >= 0.3 is 0 Å². The Kier molecular flexibility index (Phi) is 2.67. The summed E-state index contributed by atoms with van der Waals surface area (Å²) >= 11 is 0. The maximum absolute atomic E-state index is 14.0. The number of fused-ring (bicyclic) bond motifs is 1. The van der Waals surface area contributed by atoms with Crippen LogP contribution in [0.4, 0.5) is 21.5 Å². The van der Waals surface area contributed by atoms with Crippen molar-refractivity contribution in [1.82, 2.24) is 0 Å². The first kappa shape index (κ1) is 11.1. The molecule has 2 N–H and O–H groups in total. The van der Waals surface area contributed by atoms with E-state index in [2.05, 4.69) is 6.07 Å². The van der Waals surface area contributed by atoms with Gasteiger partial charge in [-0.25, -0.2) is 4.39 Å². The average molecular weight is 242 g/mol. The van der Waals surface area contributed by atoms with Gasteiger partial charge in [0.1, 0.15) is 5.82 Å². The molecule has 1 heterocycles. The van der Waals surface area contributed by atoms with Gasteiger partial charge in [-0.3, -0.25) is 0 Å². The van der Waals surface area contributed by atoms with Crippen molar-refractivity contribution in [2.45, 2.75) is 12.8 Å². The van der Waals surface area contributed by atoms with Crippen molar-refractivity contribution >= 4 is 17.1 Å². The maximum Gasteiger partial charge on any atom is 0.148 e. The number of nitrogen functional groups attached to an aromatic ring is 1. The lowest BCUT2D eigenvalue weighted by atomic mass is 10.0. The summed E-state index contributed by atoms with van der Waals surface area (Å²) in [6.45, 7) is 0.845. The highest BCUT2D eigenvalue weighted by Crippen LogP contribution is 2.34. The van der Waals surface area contributed by atoms with Crippen LogP contribution in [-0.2, 0) is 6.42 Å². The molecule has 0 aromatic heterocycles. The standard InChI is InChI=1S/C15H15FN2/c16-13-10-12(17)7-8-15(13)18-9-3-5-11-4-1-2-6-14(11)18/h1-2,4,6-8,10H,3,5,9,17H2. The van der Waals surface area contributed by atoms with Crippen LogP contribution in [0, 0.1) is 5.82 Å². The SMILES string of the molecule is Nc1ccc(N2CCCc3ccccc32)c(F)c1. The predicted octanol–water partition coefficient (Wildman–Crippen LogP) is 3.49. The average Bonchev–Trinajstić information content (AvgIpc) is 2.38. The predicted molar refractivity (Wildman–Crippen MR) is 72.6 cm³/mol. The topological polar surface area (TPSA) is 29.3 Å². The van der Waals surface area contributed by atoms with Crippen LogP contribution in [0.2, 0.25) is 0 Å². The molecule has 1 aliphatic rings. The smallest absolute Gasteiger partial charge is 0.148 e. The lowest BCUT2D eigenvalue weighted by Crippen LogP contribution is -2.25. The molecule has 3 heteroatoms. The summed E-state index contributed by atoms with van der Waals surface area (Å²) in [4.78, 5) is 2.04. The number of rotatable bonds is 1. The fraction of sp³-hybridized carbons (Fsp3) is 0.200. The zero-order valence-electron chi connectivity index (χ0n) is 10.1. The lowest BCUT2D eigenvalue weighted by Gasteiger charge is -2.31. The molecule has 0 spiro atoms. The van der Waals surface area contributed by atoms with E-state index in [1.807, 2.05) is 23.1 Å². The molecule has 0 radical (unpaired) electrons. The first-order valence-electron chi connectivity index (χ1n) is 6.16. The number of aryl methyl sites for hydroxylation is 1. The van der Waals surface area contributed by atoms with Crippen LogP contribution in [0.15, 0.2) is 42.5 Å². The molecule has 18 heavy (non-hydrogen) atoms. The molecule has 3 rings (SSSR count). The van der Waals surface area contributed by atoms with Gasteiger partial charge in [0.2, 0.25) is 0 Å². The molecule has 2 aromatic carbocycles. The molecule has 0 unspecified atom stereocenters. The second kappa shape index (κ2) is 4.33. The van der Waals surface area contributed by atoms with Crippen molar-refractivity contribution < 1.29 is 4.39 Å². The minimum Gasteiger partial charge on any atom is -0.399 e. The van der Waals surface area contributed by atoms with Crippen LogP contribution >= 0.6 is 0 Å². The summed E-state index contributed by atoms with van der Waals surface area (Å²) in [5, 5.41) is 0. The number of halogens is 1. The molecule has 0 bridgehead atoms. The summed E-state index contributed by atoms with van der Waals surface area (Å²) in [5.41, 5.74) is 9.04. The molecule has 0 aliphatic carbocycles. The normalized spacial score (nSPS) is 14.4. The van der Waals surface area contributed by atoms with Gasteiger partial charge < -0.3 is 10.6 Å². The van der Waals surface area contributed by atoms with E-state index in [0.717, 1.165) is 25.1 Å². The zero-order chi connectivity index (χ0) is 12.5. The summed E-state index contributed by atoms with van der Waals surface area (Å²) in [7, 11) is 0. The first-order chi connectivity index (χ1) is 8.75. The Morgan fingerprint density at radius 3 is 2.72 bits per heavy atom. The van der Waals surface area contributed by atoms with E-state index < -0.39 is 0 Å². The minimum absolute atomic E-state index is 0.258. The van der Waals surface area contributed by atoms with Gasteiger partial charge in [0, 0.05) is 17.9 Å². The van der Waals surface area contributed by atoms with Gasteiger partial charge in [-0.1, -0.05) is 18.2 Å². The van der Waals surface area contributed by atoms with Gasteiger partial charge in [0.15, 0.2) is 0 Å². The molecule has 1 aliphatic heterocycles. The van der Waals surface area contributed by atoms with Crippen LogP contribution < -0.4 is 10.6 Å². The number of anilines is 3. The fourth-order valence-corrected chi connectivity index (χ4v) is 2.53. The maximum atomic E-state index is 14.0. The molecule has 0 atom stereocenters. The summed E-state index contributed by atoms with van der Waals surface area (Å²) in [5.74, 6) is -0.258. The van der Waals surface area contributed by atoms with Gasteiger partial charge in [-0.2, -0.15) is 0 Å². The monoisotopic (exact) mass is 242 g/mol. The van der Waals surface area contributed by atoms with E-state index in [9.17, 15) is 4.39 Å². The highest BCUT2D eigenvalue weighted by atomic mass is 19.1. The minimum atomic E-state index is -0.258. The third kappa shape index (κ3) is 1.82. The molecule has 2 aromatic rings. The van der Waals surface area contributed by atoms with Crippen molar-refractivity contribution in [3.05, 3.63) is 53.8 Å². The second-order valence-corrected chi connectivity index (χ2v) is 4.59. The highest BCUT2D eigenvalue weighted by Gasteiger charge is 2.20. The molecule has 0 saturated heterocycles. The Morgan fingerprint density at radius 1 is 1.06 bits per heavy atom. The first-order valence-corrected chi connectivity index (χ1v) is 6.16. The molecular weight excluding hydrogens is 227 g/mol. The molecule has 0 saturated carbocycles. The van der Waals surface area contributed by atoms with Crippen molar-refractivity contribution in [3.63, 3.8) is 0 Å². The number of para-hydroxylation sites is 1.